The molecule has 3 aromatic rings. The Balaban J connectivity index is 1.69. The fraction of sp³-hybridized carbons (Fsp3) is 0.0417. The normalized spacial score (nSPS) is 15.1. The van der Waals surface area contributed by atoms with E-state index in [1.165, 1.54) is 12.1 Å². The summed E-state index contributed by atoms with van der Waals surface area (Å²) < 4.78 is 6.83. The minimum atomic E-state index is -0.860. The van der Waals surface area contributed by atoms with Gasteiger partial charge in [0.15, 0.2) is 0 Å². The molecule has 166 valence electrons. The van der Waals surface area contributed by atoms with E-state index in [0.717, 1.165) is 14.9 Å². The number of carbonyl (C=O) groups excluding carboxylic acids is 3. The number of nitrogens with one attached hydrogen (secondary N) is 1. The molecule has 4 rings (SSSR count). The molecule has 1 aliphatic rings. The first-order chi connectivity index (χ1) is 15.8. The monoisotopic (exact) mass is 544 g/mol. The van der Waals surface area contributed by atoms with Gasteiger partial charge in [-0.1, -0.05) is 63.4 Å². The topological polar surface area (TPSA) is 75.7 Å². The largest absolute Gasteiger partial charge is 0.488 e. The van der Waals surface area contributed by atoms with Crippen LogP contribution in [0.2, 0.25) is 10.0 Å². The van der Waals surface area contributed by atoms with E-state index in [9.17, 15) is 14.4 Å². The average molecular weight is 546 g/mol. The van der Waals surface area contributed by atoms with E-state index in [1.54, 1.807) is 36.4 Å². The number of benzene rings is 3. The van der Waals surface area contributed by atoms with E-state index in [1.807, 2.05) is 24.3 Å². The molecule has 6 nitrogen and oxygen atoms in total. The third-order valence-corrected chi connectivity index (χ3v) is 6.02. The molecular formula is C24H15BrCl2N2O4. The zero-order valence-corrected chi connectivity index (χ0v) is 19.9. The molecule has 0 atom stereocenters. The van der Waals surface area contributed by atoms with Crippen LogP contribution in [0.3, 0.4) is 0 Å². The summed E-state index contributed by atoms with van der Waals surface area (Å²) in [5, 5.41) is 2.91. The van der Waals surface area contributed by atoms with Crippen molar-refractivity contribution in [2.75, 3.05) is 4.90 Å². The van der Waals surface area contributed by atoms with E-state index in [-0.39, 0.29) is 17.9 Å². The van der Waals surface area contributed by atoms with Crippen molar-refractivity contribution in [3.63, 3.8) is 0 Å². The molecule has 1 heterocycles. The minimum Gasteiger partial charge on any atom is -0.488 e. The number of anilines is 1. The van der Waals surface area contributed by atoms with Crippen LogP contribution in [0.15, 0.2) is 76.8 Å². The molecule has 4 amide bonds. The summed E-state index contributed by atoms with van der Waals surface area (Å²) >= 11 is 15.6. The van der Waals surface area contributed by atoms with Gasteiger partial charge in [0.2, 0.25) is 0 Å². The number of hydrogen-bond donors (Lipinski definition) is 1. The standard InChI is InChI=1S/C24H15BrCl2N2O4/c25-20-7-2-1-4-14(20)13-33-21-9-8-17(27)10-15(21)11-19-22(30)28-24(32)29(23(19)31)18-6-3-5-16(26)12-18/h1-12H,13H2,(H,28,30,32)/b19-11+. The van der Waals surface area contributed by atoms with Gasteiger partial charge in [0, 0.05) is 25.6 Å². The van der Waals surface area contributed by atoms with Gasteiger partial charge in [-0.3, -0.25) is 14.9 Å². The molecule has 1 aliphatic heterocycles. The lowest BCUT2D eigenvalue weighted by Gasteiger charge is -2.26. The van der Waals surface area contributed by atoms with Gasteiger partial charge in [-0.05, 0) is 48.5 Å². The lowest BCUT2D eigenvalue weighted by molar-refractivity contribution is -0.122. The average Bonchev–Trinajstić information content (AvgIpc) is 2.77. The summed E-state index contributed by atoms with van der Waals surface area (Å²) in [6, 6.07) is 17.8. The molecule has 0 unspecified atom stereocenters. The maximum absolute atomic E-state index is 13.1. The van der Waals surface area contributed by atoms with Gasteiger partial charge in [-0.25, -0.2) is 9.69 Å². The number of nitrogens with zero attached hydrogens (tertiary/aromatic N) is 1. The molecule has 0 bridgehead atoms. The van der Waals surface area contributed by atoms with Crippen LogP contribution in [0.25, 0.3) is 6.08 Å². The minimum absolute atomic E-state index is 0.236. The van der Waals surface area contributed by atoms with Crippen LogP contribution < -0.4 is 15.0 Å². The Morgan fingerprint density at radius 2 is 1.70 bits per heavy atom. The first-order valence-corrected chi connectivity index (χ1v) is 11.2. The van der Waals surface area contributed by atoms with Crippen LogP contribution in [0, 0.1) is 0 Å². The lowest BCUT2D eigenvalue weighted by Crippen LogP contribution is -2.54. The van der Waals surface area contributed by atoms with E-state index >= 15 is 0 Å². The molecule has 1 fully saturated rings. The summed E-state index contributed by atoms with van der Waals surface area (Å²) in [6.07, 6.45) is 1.35. The number of ether oxygens (including phenoxy) is 1. The molecule has 0 aliphatic carbocycles. The Morgan fingerprint density at radius 1 is 0.939 bits per heavy atom. The highest BCUT2D eigenvalue weighted by Crippen LogP contribution is 2.29. The molecule has 1 N–H and O–H groups in total. The van der Waals surface area contributed by atoms with E-state index in [4.69, 9.17) is 27.9 Å². The second kappa shape index (κ2) is 9.79. The summed E-state index contributed by atoms with van der Waals surface area (Å²) in [5.74, 6) is -1.20. The van der Waals surface area contributed by atoms with Crippen LogP contribution >= 0.6 is 39.1 Å². The number of carbonyl (C=O) groups is 3. The maximum atomic E-state index is 13.1. The smallest absolute Gasteiger partial charge is 0.335 e. The number of hydrogen-bond acceptors (Lipinski definition) is 4. The molecule has 1 saturated heterocycles. The number of halogens is 3. The molecule has 0 radical (unpaired) electrons. The number of rotatable bonds is 5. The maximum Gasteiger partial charge on any atom is 0.335 e. The van der Waals surface area contributed by atoms with Crippen molar-refractivity contribution in [1.29, 1.82) is 0 Å². The second-order valence-electron chi connectivity index (χ2n) is 7.00. The molecule has 0 aromatic heterocycles. The second-order valence-corrected chi connectivity index (χ2v) is 8.73. The molecule has 0 saturated carbocycles. The quantitative estimate of drug-likeness (QED) is 0.315. The van der Waals surface area contributed by atoms with E-state index in [0.29, 0.717) is 21.4 Å². The summed E-state index contributed by atoms with van der Waals surface area (Å²) in [5.41, 5.74) is 1.31. The Kier molecular flexibility index (Phi) is 6.83. The van der Waals surface area contributed by atoms with E-state index < -0.39 is 17.8 Å². The fourth-order valence-electron chi connectivity index (χ4n) is 3.20. The van der Waals surface area contributed by atoms with Gasteiger partial charge in [0.1, 0.15) is 17.9 Å². The van der Waals surface area contributed by atoms with Crippen LogP contribution in [0.4, 0.5) is 10.5 Å². The zero-order valence-electron chi connectivity index (χ0n) is 16.8. The van der Waals surface area contributed by atoms with Crippen LogP contribution in [0.5, 0.6) is 5.75 Å². The van der Waals surface area contributed by atoms with Crippen LogP contribution in [-0.4, -0.2) is 17.8 Å². The highest BCUT2D eigenvalue weighted by molar-refractivity contribution is 9.10. The summed E-state index contributed by atoms with van der Waals surface area (Å²) in [6.45, 7) is 0.243. The van der Waals surface area contributed by atoms with Gasteiger partial charge in [0.25, 0.3) is 11.8 Å². The third kappa shape index (κ3) is 5.11. The van der Waals surface area contributed by atoms with Crippen molar-refractivity contribution in [2.24, 2.45) is 0 Å². The lowest BCUT2D eigenvalue weighted by atomic mass is 10.1. The molecule has 0 spiro atoms. The Hall–Kier alpha value is -3.13. The van der Waals surface area contributed by atoms with Gasteiger partial charge in [-0.15, -0.1) is 0 Å². The van der Waals surface area contributed by atoms with Gasteiger partial charge < -0.3 is 4.74 Å². The fourth-order valence-corrected chi connectivity index (χ4v) is 3.96. The number of imide groups is 2. The first-order valence-electron chi connectivity index (χ1n) is 9.66. The van der Waals surface area contributed by atoms with Crippen molar-refractivity contribution in [1.82, 2.24) is 5.32 Å². The van der Waals surface area contributed by atoms with E-state index in [2.05, 4.69) is 21.2 Å². The van der Waals surface area contributed by atoms with Crippen molar-refractivity contribution in [3.05, 3.63) is 97.9 Å². The van der Waals surface area contributed by atoms with Gasteiger partial charge >= 0.3 is 6.03 Å². The molecule has 9 heteroatoms. The zero-order chi connectivity index (χ0) is 23.5. The Morgan fingerprint density at radius 3 is 2.45 bits per heavy atom. The van der Waals surface area contributed by atoms with Gasteiger partial charge in [0.05, 0.1) is 5.69 Å². The predicted molar refractivity (Wildman–Crippen MR) is 130 cm³/mol. The Labute approximate surface area is 207 Å². The highest BCUT2D eigenvalue weighted by Gasteiger charge is 2.37. The highest BCUT2D eigenvalue weighted by atomic mass is 79.9. The first kappa shape index (κ1) is 23.0. The predicted octanol–water partition coefficient (Wildman–Crippen LogP) is 6.00. The number of barbiturate groups is 1. The van der Waals surface area contributed by atoms with Crippen molar-refractivity contribution < 1.29 is 19.1 Å². The molecular weight excluding hydrogens is 531 g/mol. The third-order valence-electron chi connectivity index (χ3n) is 4.78. The molecule has 33 heavy (non-hydrogen) atoms. The number of urea groups is 1. The summed E-state index contributed by atoms with van der Waals surface area (Å²) in [7, 11) is 0. The van der Waals surface area contributed by atoms with Gasteiger partial charge in [-0.2, -0.15) is 0 Å². The summed E-state index contributed by atoms with van der Waals surface area (Å²) in [4.78, 5) is 38.9. The van der Waals surface area contributed by atoms with Crippen molar-refractivity contribution >= 4 is 68.7 Å². The van der Waals surface area contributed by atoms with Crippen molar-refractivity contribution in [2.45, 2.75) is 6.61 Å². The van der Waals surface area contributed by atoms with Crippen molar-refractivity contribution in [3.8, 4) is 5.75 Å². The van der Waals surface area contributed by atoms with Crippen LogP contribution in [-0.2, 0) is 16.2 Å². The molecule has 3 aromatic carbocycles. The van der Waals surface area contributed by atoms with Crippen LogP contribution in [0.1, 0.15) is 11.1 Å². The SMILES string of the molecule is O=C1NC(=O)N(c2cccc(Cl)c2)C(=O)/C1=C/c1cc(Cl)ccc1OCc1ccccc1Br. The Bertz CT molecular complexity index is 1310. The number of amides is 4.